The third-order valence-corrected chi connectivity index (χ3v) is 2.57. The van der Waals surface area contributed by atoms with Crippen molar-refractivity contribution in [1.29, 1.82) is 0 Å². The number of carbonyl (C=O) groups is 1. The van der Waals surface area contributed by atoms with Crippen LogP contribution in [0.4, 0.5) is 0 Å². The van der Waals surface area contributed by atoms with Crippen LogP contribution in [0.5, 0.6) is 0 Å². The van der Waals surface area contributed by atoms with Gasteiger partial charge in [-0.3, -0.25) is 0 Å². The number of carbonyl (C=O) groups excluding carboxylic acids is 1. The Morgan fingerprint density at radius 2 is 1.95 bits per heavy atom. The summed E-state index contributed by atoms with van der Waals surface area (Å²) in [6.07, 6.45) is 0. The van der Waals surface area contributed by atoms with E-state index in [1.807, 2.05) is 0 Å². The molecule has 1 rings (SSSR count). The van der Waals surface area contributed by atoms with Crippen LogP contribution in [0, 0.1) is 6.92 Å². The Labute approximate surface area is 119 Å². The van der Waals surface area contributed by atoms with E-state index in [4.69, 9.17) is 9.47 Å². The summed E-state index contributed by atoms with van der Waals surface area (Å²) in [6.45, 7) is 7.08. The fraction of sp³-hybridized carbons (Fsp3) is 0.500. The predicted molar refractivity (Wildman–Crippen MR) is 76.5 cm³/mol. The van der Waals surface area contributed by atoms with Crippen molar-refractivity contribution in [3.63, 3.8) is 0 Å². The van der Waals surface area contributed by atoms with Crippen LogP contribution < -0.4 is 5.46 Å². The summed E-state index contributed by atoms with van der Waals surface area (Å²) in [6, 6.07) is 5.32. The van der Waals surface area contributed by atoms with E-state index in [0.717, 1.165) is 5.56 Å². The molecule has 0 bridgehead atoms. The fourth-order valence-corrected chi connectivity index (χ4v) is 1.85. The lowest BCUT2D eigenvalue weighted by atomic mass is 9.74. The maximum atomic E-state index is 11.5. The van der Waals surface area contributed by atoms with Gasteiger partial charge in [0.05, 0.1) is 6.61 Å². The fourth-order valence-electron chi connectivity index (χ4n) is 1.85. The Hall–Kier alpha value is -1.37. The van der Waals surface area contributed by atoms with Gasteiger partial charge >= 0.3 is 13.1 Å². The molecule has 5 nitrogen and oxygen atoms in total. The maximum Gasteiger partial charge on any atom is 0.489 e. The molecule has 0 heterocycles. The Morgan fingerprint density at radius 1 is 1.30 bits per heavy atom. The van der Waals surface area contributed by atoms with E-state index in [1.54, 1.807) is 45.9 Å². The van der Waals surface area contributed by atoms with Crippen LogP contribution in [0.15, 0.2) is 18.2 Å². The number of rotatable bonds is 5. The van der Waals surface area contributed by atoms with Crippen LogP contribution in [-0.4, -0.2) is 35.3 Å². The average Bonchev–Trinajstić information content (AvgIpc) is 2.25. The lowest BCUT2D eigenvalue weighted by Crippen LogP contribution is -2.35. The summed E-state index contributed by atoms with van der Waals surface area (Å²) in [5.74, 6) is -0.448. The molecule has 0 radical (unpaired) electrons. The monoisotopic (exact) mass is 280 g/mol. The van der Waals surface area contributed by atoms with Gasteiger partial charge in [0.1, 0.15) is 12.2 Å². The molecule has 1 aromatic carbocycles. The Bertz CT molecular complexity index is 465. The maximum absolute atomic E-state index is 11.5. The van der Waals surface area contributed by atoms with Gasteiger partial charge in [0, 0.05) is 0 Å². The summed E-state index contributed by atoms with van der Waals surface area (Å²) < 4.78 is 10.4. The standard InChI is InChI=1S/C14H21BO5/c1-10-6-5-7-11(13(10)15(17)18)8-19-9-12(16)20-14(2,3)4/h5-7,17-18H,8-9H2,1-4H3. The SMILES string of the molecule is Cc1cccc(COCC(=O)OC(C)(C)C)c1B(O)O. The summed E-state index contributed by atoms with van der Waals surface area (Å²) >= 11 is 0. The van der Waals surface area contributed by atoms with Gasteiger partial charge in [-0.2, -0.15) is 0 Å². The first-order valence-electron chi connectivity index (χ1n) is 6.45. The minimum Gasteiger partial charge on any atom is -0.458 e. The molecule has 0 unspecified atom stereocenters. The number of aryl methyl sites for hydroxylation is 1. The molecule has 0 saturated carbocycles. The van der Waals surface area contributed by atoms with E-state index in [0.29, 0.717) is 11.0 Å². The molecule has 20 heavy (non-hydrogen) atoms. The Balaban J connectivity index is 2.59. The van der Waals surface area contributed by atoms with Gasteiger partial charge in [0.15, 0.2) is 0 Å². The zero-order valence-corrected chi connectivity index (χ0v) is 12.3. The molecule has 6 heteroatoms. The van der Waals surface area contributed by atoms with Crippen molar-refractivity contribution in [2.75, 3.05) is 6.61 Å². The predicted octanol–water partition coefficient (Wildman–Crippen LogP) is 0.533. The third-order valence-electron chi connectivity index (χ3n) is 2.57. The smallest absolute Gasteiger partial charge is 0.458 e. The highest BCUT2D eigenvalue weighted by Gasteiger charge is 2.19. The second-order valence-corrected chi connectivity index (χ2v) is 5.60. The van der Waals surface area contributed by atoms with Gasteiger partial charge in [-0.15, -0.1) is 0 Å². The Morgan fingerprint density at radius 3 is 2.50 bits per heavy atom. The van der Waals surface area contributed by atoms with Gasteiger partial charge in [-0.05, 0) is 38.7 Å². The average molecular weight is 280 g/mol. The van der Waals surface area contributed by atoms with Gasteiger partial charge in [-0.1, -0.05) is 23.8 Å². The van der Waals surface area contributed by atoms with Crippen molar-refractivity contribution >= 4 is 18.6 Å². The molecular weight excluding hydrogens is 259 g/mol. The van der Waals surface area contributed by atoms with Crippen LogP contribution in [0.3, 0.4) is 0 Å². The molecule has 0 aliphatic rings. The first kappa shape index (κ1) is 16.7. The molecule has 0 amide bonds. The van der Waals surface area contributed by atoms with Crippen molar-refractivity contribution in [2.24, 2.45) is 0 Å². The highest BCUT2D eigenvalue weighted by atomic mass is 16.6. The summed E-state index contributed by atoms with van der Waals surface area (Å²) in [5, 5.41) is 18.7. The van der Waals surface area contributed by atoms with Crippen molar-refractivity contribution in [3.8, 4) is 0 Å². The molecule has 0 atom stereocenters. The van der Waals surface area contributed by atoms with Crippen molar-refractivity contribution in [3.05, 3.63) is 29.3 Å². The lowest BCUT2D eigenvalue weighted by molar-refractivity contribution is -0.160. The second kappa shape index (κ2) is 6.88. The van der Waals surface area contributed by atoms with Gasteiger partial charge in [-0.25, -0.2) is 4.79 Å². The summed E-state index contributed by atoms with van der Waals surface area (Å²) in [4.78, 5) is 11.5. The van der Waals surface area contributed by atoms with Crippen LogP contribution in [0.1, 0.15) is 31.9 Å². The zero-order valence-electron chi connectivity index (χ0n) is 12.3. The quantitative estimate of drug-likeness (QED) is 0.608. The number of hydrogen-bond donors (Lipinski definition) is 2. The van der Waals surface area contributed by atoms with E-state index in [2.05, 4.69) is 0 Å². The van der Waals surface area contributed by atoms with Gasteiger partial charge in [0.25, 0.3) is 0 Å². The number of benzene rings is 1. The number of hydrogen-bond acceptors (Lipinski definition) is 5. The van der Waals surface area contributed by atoms with Crippen LogP contribution in [-0.2, 0) is 20.9 Å². The molecule has 110 valence electrons. The minimum absolute atomic E-state index is 0.119. The number of ether oxygens (including phenoxy) is 2. The summed E-state index contributed by atoms with van der Waals surface area (Å²) in [5.41, 5.74) is 1.27. The topological polar surface area (TPSA) is 76.0 Å². The highest BCUT2D eigenvalue weighted by Crippen LogP contribution is 2.08. The molecule has 0 fully saturated rings. The lowest BCUT2D eigenvalue weighted by Gasteiger charge is -2.19. The largest absolute Gasteiger partial charge is 0.489 e. The molecule has 0 spiro atoms. The van der Waals surface area contributed by atoms with Crippen LogP contribution >= 0.6 is 0 Å². The van der Waals surface area contributed by atoms with E-state index in [1.165, 1.54) is 0 Å². The van der Waals surface area contributed by atoms with Crippen LogP contribution in [0.2, 0.25) is 0 Å². The molecule has 0 saturated heterocycles. The highest BCUT2D eigenvalue weighted by molar-refractivity contribution is 6.59. The van der Waals surface area contributed by atoms with Crippen molar-refractivity contribution < 1.29 is 24.3 Å². The molecule has 0 aromatic heterocycles. The van der Waals surface area contributed by atoms with E-state index in [9.17, 15) is 14.8 Å². The molecule has 1 aromatic rings. The number of esters is 1. The molecular formula is C14H21BO5. The molecule has 0 aliphatic heterocycles. The van der Waals surface area contributed by atoms with Gasteiger partial charge in [0.2, 0.25) is 0 Å². The van der Waals surface area contributed by atoms with Crippen molar-refractivity contribution in [1.82, 2.24) is 0 Å². The van der Waals surface area contributed by atoms with E-state index >= 15 is 0 Å². The Kier molecular flexibility index (Phi) is 5.74. The summed E-state index contributed by atoms with van der Waals surface area (Å²) in [7, 11) is -1.56. The first-order chi connectivity index (χ1) is 9.20. The first-order valence-corrected chi connectivity index (χ1v) is 6.45. The zero-order chi connectivity index (χ0) is 15.3. The van der Waals surface area contributed by atoms with Crippen LogP contribution in [0.25, 0.3) is 0 Å². The minimum atomic E-state index is -1.56. The second-order valence-electron chi connectivity index (χ2n) is 5.60. The molecule has 0 aliphatic carbocycles. The van der Waals surface area contributed by atoms with Gasteiger partial charge < -0.3 is 19.5 Å². The molecule has 2 N–H and O–H groups in total. The normalized spacial score (nSPS) is 11.3. The van der Waals surface area contributed by atoms with E-state index < -0.39 is 18.7 Å². The third kappa shape index (κ3) is 5.32. The van der Waals surface area contributed by atoms with E-state index in [-0.39, 0.29) is 13.2 Å². The van der Waals surface area contributed by atoms with Crippen molar-refractivity contribution in [2.45, 2.75) is 39.9 Å².